The van der Waals surface area contributed by atoms with Gasteiger partial charge in [0.25, 0.3) is 0 Å². The van der Waals surface area contributed by atoms with Gasteiger partial charge in [0.15, 0.2) is 0 Å². The Morgan fingerprint density at radius 3 is 1.69 bits per heavy atom. The van der Waals surface area contributed by atoms with Gasteiger partial charge in [-0.15, -0.1) is 46.2 Å². The second-order valence-electron chi connectivity index (χ2n) is 8.86. The number of fused-ring (bicyclic) bond motifs is 3. The molecular weight excluding hydrogens is 512 g/mol. The average Bonchev–Trinajstić information content (AvgIpc) is 3.61. The van der Waals surface area contributed by atoms with Gasteiger partial charge in [0.1, 0.15) is 0 Å². The molecule has 36 heavy (non-hydrogen) atoms. The van der Waals surface area contributed by atoms with E-state index in [-0.39, 0.29) is 0 Å². The molecular formula is C35H32Zr. The van der Waals surface area contributed by atoms with E-state index in [4.69, 9.17) is 0 Å². The monoisotopic (exact) mass is 542 g/mol. The Kier molecular flexibility index (Phi) is 10.1. The molecule has 0 atom stereocenters. The molecule has 0 fully saturated rings. The Morgan fingerprint density at radius 1 is 0.722 bits per heavy atom. The van der Waals surface area contributed by atoms with Crippen LogP contribution in [0, 0.1) is 6.08 Å². The molecule has 0 radical (unpaired) electrons. The van der Waals surface area contributed by atoms with E-state index < -0.39 is 0 Å². The van der Waals surface area contributed by atoms with Gasteiger partial charge in [-0.3, -0.25) is 6.08 Å². The van der Waals surface area contributed by atoms with E-state index in [0.29, 0.717) is 0 Å². The van der Waals surface area contributed by atoms with Gasteiger partial charge in [-0.2, -0.15) is 6.08 Å². The summed E-state index contributed by atoms with van der Waals surface area (Å²) in [7, 11) is 0. The SMILES string of the molecule is CCCCC1=CC[C-]=C1.[Zr+2]=[C](c1ccccc1)c1ccccc1.c1ccc2c(c1)[cH-]c1ccccc12. The van der Waals surface area contributed by atoms with Crippen molar-refractivity contribution < 1.29 is 24.2 Å². The zero-order valence-corrected chi connectivity index (χ0v) is 23.4. The predicted molar refractivity (Wildman–Crippen MR) is 153 cm³/mol. The van der Waals surface area contributed by atoms with Crippen molar-refractivity contribution in [2.45, 2.75) is 32.6 Å². The molecule has 0 aliphatic heterocycles. The number of allylic oxidation sites excluding steroid dienone is 4. The number of rotatable bonds is 5. The Hall–Kier alpha value is -3.02. The van der Waals surface area contributed by atoms with Gasteiger partial charge in [0.2, 0.25) is 0 Å². The third-order valence-electron chi connectivity index (χ3n) is 6.24. The molecule has 0 saturated carbocycles. The molecule has 0 aromatic heterocycles. The smallest absolute Gasteiger partial charge is 0.0771 e. The first-order valence-corrected chi connectivity index (χ1v) is 14.0. The van der Waals surface area contributed by atoms with E-state index >= 15 is 0 Å². The molecule has 5 aromatic rings. The van der Waals surface area contributed by atoms with Crippen LogP contribution in [0.1, 0.15) is 43.7 Å². The van der Waals surface area contributed by atoms with Gasteiger partial charge in [0, 0.05) is 0 Å². The van der Waals surface area contributed by atoms with Crippen molar-refractivity contribution in [2.75, 3.05) is 0 Å². The van der Waals surface area contributed by atoms with E-state index in [1.165, 1.54) is 84.9 Å². The van der Waals surface area contributed by atoms with E-state index in [2.05, 4.69) is 140 Å². The fourth-order valence-electron chi connectivity index (χ4n) is 4.27. The van der Waals surface area contributed by atoms with Crippen LogP contribution in [0.2, 0.25) is 0 Å². The molecule has 0 amide bonds. The van der Waals surface area contributed by atoms with Crippen molar-refractivity contribution in [2.24, 2.45) is 0 Å². The van der Waals surface area contributed by atoms with E-state index in [9.17, 15) is 0 Å². The summed E-state index contributed by atoms with van der Waals surface area (Å²) in [4.78, 5) is 0. The van der Waals surface area contributed by atoms with E-state index in [0.717, 1.165) is 6.42 Å². The van der Waals surface area contributed by atoms with Crippen LogP contribution in [0.25, 0.3) is 21.5 Å². The number of unbranched alkanes of at least 4 members (excludes halogenated alkanes) is 1. The Morgan fingerprint density at radius 2 is 1.22 bits per heavy atom. The van der Waals surface area contributed by atoms with Crippen LogP contribution in [0.15, 0.2) is 133 Å². The van der Waals surface area contributed by atoms with E-state index in [1.54, 1.807) is 0 Å². The van der Waals surface area contributed by atoms with Crippen LogP contribution in [0.5, 0.6) is 0 Å². The molecule has 0 nitrogen and oxygen atoms in total. The second kappa shape index (κ2) is 13.9. The quantitative estimate of drug-likeness (QED) is 0.194. The standard InChI is InChI=1S/C13H9.C13H10.C9H13.Zr/c1-3-7-12-10(5-1)9-11-6-2-4-8-13(11)12;1-3-7-12(8-4-1)11-13-9-5-2-6-10-13;1-2-3-6-9-7-4-5-8-9;/h1-9H;1-10H;7-8H,2-4,6H2,1H3;/q-1;;-1;+2. The molecule has 0 saturated heterocycles. The van der Waals surface area contributed by atoms with Gasteiger partial charge in [-0.1, -0.05) is 62.6 Å². The zero-order valence-electron chi connectivity index (χ0n) is 21.0. The third kappa shape index (κ3) is 7.25. The van der Waals surface area contributed by atoms with Gasteiger partial charge < -0.3 is 0 Å². The third-order valence-corrected chi connectivity index (χ3v) is 7.66. The molecule has 0 N–H and O–H groups in total. The molecule has 1 aliphatic rings. The minimum absolute atomic E-state index is 1.04. The normalized spacial score (nSPS) is 11.9. The Labute approximate surface area is 230 Å². The summed E-state index contributed by atoms with van der Waals surface area (Å²) < 4.78 is 1.42. The zero-order chi connectivity index (χ0) is 25.0. The summed E-state index contributed by atoms with van der Waals surface area (Å²) in [5.74, 6) is 0. The maximum absolute atomic E-state index is 3.16. The van der Waals surface area contributed by atoms with Crippen molar-refractivity contribution in [3.05, 3.63) is 150 Å². The van der Waals surface area contributed by atoms with Crippen molar-refractivity contribution in [1.82, 2.24) is 0 Å². The van der Waals surface area contributed by atoms with Gasteiger partial charge in [0.05, 0.1) is 0 Å². The topological polar surface area (TPSA) is 0 Å². The molecule has 176 valence electrons. The number of hydrogen-bond acceptors (Lipinski definition) is 0. The van der Waals surface area contributed by atoms with Crippen LogP contribution in [0.3, 0.4) is 0 Å². The van der Waals surface area contributed by atoms with E-state index in [1.807, 2.05) is 0 Å². The molecule has 0 unspecified atom stereocenters. The van der Waals surface area contributed by atoms with Gasteiger partial charge >= 0.3 is 99.2 Å². The largest absolute Gasteiger partial charge is 0.126 e. The van der Waals surface area contributed by atoms with Crippen molar-refractivity contribution in [1.29, 1.82) is 0 Å². The minimum Gasteiger partial charge on any atom is -0.126 e. The number of hydrogen-bond donors (Lipinski definition) is 0. The Balaban J connectivity index is 0.000000130. The van der Waals surface area contributed by atoms with Gasteiger partial charge in [-0.25, -0.2) is 11.6 Å². The number of benzene rings is 4. The van der Waals surface area contributed by atoms with Crippen molar-refractivity contribution in [3.8, 4) is 0 Å². The van der Waals surface area contributed by atoms with Crippen LogP contribution < -0.4 is 0 Å². The van der Waals surface area contributed by atoms with Crippen molar-refractivity contribution in [3.63, 3.8) is 0 Å². The van der Waals surface area contributed by atoms with Crippen LogP contribution in [0.4, 0.5) is 0 Å². The summed E-state index contributed by atoms with van der Waals surface area (Å²) >= 11 is 1.46. The first-order chi connectivity index (χ1) is 17.8. The maximum atomic E-state index is 3.16. The fourth-order valence-corrected chi connectivity index (χ4v) is 5.09. The molecule has 0 heterocycles. The maximum Gasteiger partial charge on any atom is -0.0771 e. The molecule has 1 heteroatoms. The first kappa shape index (κ1) is 26.1. The fraction of sp³-hybridized carbons (Fsp3) is 0.143. The first-order valence-electron chi connectivity index (χ1n) is 12.7. The molecule has 1 aliphatic carbocycles. The summed E-state index contributed by atoms with van der Waals surface area (Å²) in [6, 6.07) is 40.4. The Bertz CT molecular complexity index is 1340. The van der Waals surface area contributed by atoms with Crippen LogP contribution in [-0.4, -0.2) is 3.21 Å². The van der Waals surface area contributed by atoms with Crippen molar-refractivity contribution >= 4 is 24.8 Å². The van der Waals surface area contributed by atoms with Gasteiger partial charge in [-0.05, 0) is 0 Å². The predicted octanol–water partition coefficient (Wildman–Crippen LogP) is 9.38. The summed E-state index contributed by atoms with van der Waals surface area (Å²) in [6.45, 7) is 2.23. The molecule has 0 bridgehead atoms. The second-order valence-corrected chi connectivity index (χ2v) is 10.1. The molecule has 0 spiro atoms. The average molecular weight is 544 g/mol. The minimum atomic E-state index is 1.04. The van der Waals surface area contributed by atoms with Crippen LogP contribution in [-0.2, 0) is 24.2 Å². The summed E-state index contributed by atoms with van der Waals surface area (Å²) in [5, 5.41) is 5.39. The summed E-state index contributed by atoms with van der Waals surface area (Å²) in [6.07, 6.45) is 12.5. The molecule has 6 rings (SSSR count). The van der Waals surface area contributed by atoms with Crippen LogP contribution >= 0.6 is 0 Å². The molecule has 5 aromatic carbocycles. The summed E-state index contributed by atoms with van der Waals surface area (Å²) in [5.41, 5.74) is 4.14.